The molecule has 0 N–H and O–H groups in total. The van der Waals surface area contributed by atoms with Crippen molar-refractivity contribution in [3.63, 3.8) is 0 Å². The molecule has 1 aromatic carbocycles. The zero-order valence-electron chi connectivity index (χ0n) is 9.23. The van der Waals surface area contributed by atoms with Gasteiger partial charge in [-0.3, -0.25) is 0 Å². The number of rotatable bonds is 3. The second-order valence-corrected chi connectivity index (χ2v) is 3.73. The van der Waals surface area contributed by atoms with Crippen molar-refractivity contribution in [2.45, 2.75) is 33.6 Å². The molecule has 0 aliphatic heterocycles. The maximum Gasteiger partial charge on any atom is 0.165 e. The van der Waals surface area contributed by atoms with E-state index in [4.69, 9.17) is 4.74 Å². The van der Waals surface area contributed by atoms with E-state index in [1.165, 1.54) is 0 Å². The molecule has 1 aromatic rings. The summed E-state index contributed by atoms with van der Waals surface area (Å²) in [6.07, 6.45) is 0. The molecule has 1 rings (SSSR count). The molecule has 78 valence electrons. The van der Waals surface area contributed by atoms with Crippen LogP contribution in [0.5, 0.6) is 5.75 Å². The summed E-state index contributed by atoms with van der Waals surface area (Å²) in [4.78, 5) is 0. The zero-order chi connectivity index (χ0) is 10.7. The lowest BCUT2D eigenvalue weighted by molar-refractivity contribution is 0.321. The number of hydrogen-bond donors (Lipinski definition) is 0. The largest absolute Gasteiger partial charge is 0.491 e. The van der Waals surface area contributed by atoms with Crippen LogP contribution in [0.1, 0.15) is 37.8 Å². The van der Waals surface area contributed by atoms with Gasteiger partial charge >= 0.3 is 0 Å². The van der Waals surface area contributed by atoms with Crippen LogP contribution in [0.2, 0.25) is 0 Å². The summed E-state index contributed by atoms with van der Waals surface area (Å²) in [6, 6.07) is 3.35. The second kappa shape index (κ2) is 4.45. The summed E-state index contributed by atoms with van der Waals surface area (Å²) >= 11 is 0. The summed E-state index contributed by atoms with van der Waals surface area (Å²) in [5, 5.41) is 0. The van der Waals surface area contributed by atoms with Gasteiger partial charge in [-0.25, -0.2) is 4.39 Å². The van der Waals surface area contributed by atoms with Crippen molar-refractivity contribution < 1.29 is 9.13 Å². The minimum absolute atomic E-state index is 0.263. The molecular formula is C12H17FO. The lowest BCUT2D eigenvalue weighted by atomic mass is 9.98. The molecule has 0 fully saturated rings. The predicted octanol–water partition coefficient (Wildman–Crippen LogP) is 3.66. The molecule has 2 heteroatoms. The highest BCUT2D eigenvalue weighted by atomic mass is 19.1. The van der Waals surface area contributed by atoms with Gasteiger partial charge in [-0.2, -0.15) is 0 Å². The lowest BCUT2D eigenvalue weighted by Crippen LogP contribution is -1.99. The average molecular weight is 196 g/mol. The first-order valence-electron chi connectivity index (χ1n) is 4.99. The highest BCUT2D eigenvalue weighted by Gasteiger charge is 2.10. The fraction of sp³-hybridized carbons (Fsp3) is 0.500. The molecule has 0 aliphatic rings. The molecule has 0 aromatic heterocycles. The van der Waals surface area contributed by atoms with Gasteiger partial charge in [0.1, 0.15) is 0 Å². The Kier molecular flexibility index (Phi) is 3.50. The summed E-state index contributed by atoms with van der Waals surface area (Å²) < 4.78 is 18.6. The maximum atomic E-state index is 13.5. The Morgan fingerprint density at radius 3 is 2.50 bits per heavy atom. The number of hydrogen-bond acceptors (Lipinski definition) is 1. The molecule has 0 aliphatic carbocycles. The van der Waals surface area contributed by atoms with Crippen LogP contribution >= 0.6 is 0 Å². The van der Waals surface area contributed by atoms with Crippen LogP contribution in [0.15, 0.2) is 12.1 Å². The monoisotopic (exact) mass is 196 g/mol. The second-order valence-electron chi connectivity index (χ2n) is 3.73. The summed E-state index contributed by atoms with van der Waals surface area (Å²) in [5.74, 6) is 0.440. The number of aryl methyl sites for hydroxylation is 1. The van der Waals surface area contributed by atoms with Crippen LogP contribution in [-0.4, -0.2) is 6.61 Å². The van der Waals surface area contributed by atoms with Gasteiger partial charge in [-0.15, -0.1) is 0 Å². The van der Waals surface area contributed by atoms with Crippen molar-refractivity contribution in [3.05, 3.63) is 29.1 Å². The van der Waals surface area contributed by atoms with Gasteiger partial charge < -0.3 is 4.74 Å². The van der Waals surface area contributed by atoms with Crippen molar-refractivity contribution in [1.82, 2.24) is 0 Å². The molecule has 0 atom stereocenters. The van der Waals surface area contributed by atoms with Crippen molar-refractivity contribution in [2.24, 2.45) is 0 Å². The molecule has 0 saturated carbocycles. The van der Waals surface area contributed by atoms with Gasteiger partial charge in [0.05, 0.1) is 6.61 Å². The molecule has 0 spiro atoms. The minimum atomic E-state index is -0.263. The Morgan fingerprint density at radius 2 is 2.00 bits per heavy atom. The van der Waals surface area contributed by atoms with Gasteiger partial charge in [0.15, 0.2) is 11.6 Å². The minimum Gasteiger partial charge on any atom is -0.491 e. The summed E-state index contributed by atoms with van der Waals surface area (Å²) in [7, 11) is 0. The van der Waals surface area contributed by atoms with E-state index in [-0.39, 0.29) is 5.82 Å². The van der Waals surface area contributed by atoms with E-state index in [0.29, 0.717) is 18.3 Å². The molecule has 0 saturated heterocycles. The van der Waals surface area contributed by atoms with Gasteiger partial charge in [-0.1, -0.05) is 13.8 Å². The average Bonchev–Trinajstić information content (AvgIpc) is 2.10. The number of halogens is 1. The van der Waals surface area contributed by atoms with E-state index in [1.54, 1.807) is 12.1 Å². The normalized spacial score (nSPS) is 10.7. The lowest BCUT2D eigenvalue weighted by Gasteiger charge is -2.12. The van der Waals surface area contributed by atoms with Gasteiger partial charge in [0.2, 0.25) is 0 Å². The first-order chi connectivity index (χ1) is 6.56. The van der Waals surface area contributed by atoms with Crippen LogP contribution in [0.3, 0.4) is 0 Å². The highest BCUT2D eigenvalue weighted by molar-refractivity contribution is 5.37. The summed E-state index contributed by atoms with van der Waals surface area (Å²) in [5.41, 5.74) is 2.14. The van der Waals surface area contributed by atoms with Crippen LogP contribution in [0.4, 0.5) is 4.39 Å². The number of ether oxygens (including phenoxy) is 1. The molecule has 14 heavy (non-hydrogen) atoms. The molecule has 0 unspecified atom stereocenters. The van der Waals surface area contributed by atoms with E-state index in [2.05, 4.69) is 13.8 Å². The fourth-order valence-corrected chi connectivity index (χ4v) is 1.56. The van der Waals surface area contributed by atoms with E-state index in [0.717, 1.165) is 11.1 Å². The molecule has 0 radical (unpaired) electrons. The first-order valence-corrected chi connectivity index (χ1v) is 4.99. The zero-order valence-corrected chi connectivity index (χ0v) is 9.23. The molecular weight excluding hydrogens is 179 g/mol. The SMILES string of the molecule is CCOc1cc(C)c(C(C)C)cc1F. The van der Waals surface area contributed by atoms with Gasteiger partial charge in [0.25, 0.3) is 0 Å². The smallest absolute Gasteiger partial charge is 0.165 e. The molecule has 1 nitrogen and oxygen atoms in total. The Morgan fingerprint density at radius 1 is 1.36 bits per heavy atom. The third-order valence-corrected chi connectivity index (χ3v) is 2.24. The van der Waals surface area contributed by atoms with Crippen molar-refractivity contribution in [1.29, 1.82) is 0 Å². The quantitative estimate of drug-likeness (QED) is 0.717. The van der Waals surface area contributed by atoms with Gasteiger partial charge in [-0.05, 0) is 43.0 Å². The van der Waals surface area contributed by atoms with E-state index >= 15 is 0 Å². The fourth-order valence-electron chi connectivity index (χ4n) is 1.56. The standard InChI is InChI=1S/C12H17FO/c1-5-14-12-6-9(4)10(8(2)3)7-11(12)13/h6-8H,5H2,1-4H3. The third kappa shape index (κ3) is 2.25. The molecule has 0 heterocycles. The maximum absolute atomic E-state index is 13.5. The van der Waals surface area contributed by atoms with E-state index in [1.807, 2.05) is 13.8 Å². The Labute approximate surface area is 84.9 Å². The Hall–Kier alpha value is -1.05. The molecule has 0 amide bonds. The number of benzene rings is 1. The van der Waals surface area contributed by atoms with Crippen LogP contribution in [-0.2, 0) is 0 Å². The Balaban J connectivity index is 3.10. The topological polar surface area (TPSA) is 9.23 Å². The highest BCUT2D eigenvalue weighted by Crippen LogP contribution is 2.26. The first kappa shape index (κ1) is 11.0. The summed E-state index contributed by atoms with van der Waals surface area (Å²) in [6.45, 7) is 8.45. The Bertz CT molecular complexity index is 318. The van der Waals surface area contributed by atoms with E-state index in [9.17, 15) is 4.39 Å². The van der Waals surface area contributed by atoms with Crippen LogP contribution < -0.4 is 4.74 Å². The molecule has 0 bridgehead atoms. The van der Waals surface area contributed by atoms with Crippen molar-refractivity contribution in [2.75, 3.05) is 6.61 Å². The predicted molar refractivity (Wildman–Crippen MR) is 56.4 cm³/mol. The van der Waals surface area contributed by atoms with Crippen molar-refractivity contribution in [3.8, 4) is 5.75 Å². The van der Waals surface area contributed by atoms with E-state index < -0.39 is 0 Å². The third-order valence-electron chi connectivity index (χ3n) is 2.24. The van der Waals surface area contributed by atoms with Crippen molar-refractivity contribution >= 4 is 0 Å². The van der Waals surface area contributed by atoms with Crippen LogP contribution in [0, 0.1) is 12.7 Å². The van der Waals surface area contributed by atoms with Gasteiger partial charge in [0, 0.05) is 0 Å². The van der Waals surface area contributed by atoms with Crippen LogP contribution in [0.25, 0.3) is 0 Å².